The van der Waals surface area contributed by atoms with Crippen molar-refractivity contribution in [2.24, 2.45) is 17.1 Å². The van der Waals surface area contributed by atoms with Crippen LogP contribution in [0.3, 0.4) is 0 Å². The van der Waals surface area contributed by atoms with Gasteiger partial charge in [0.15, 0.2) is 0 Å². The molecule has 6 N–H and O–H groups in total. The number of carbonyl (C=O) groups excluding carboxylic acids is 2. The maximum absolute atomic E-state index is 13.0. The first-order chi connectivity index (χ1) is 17.5. The lowest BCUT2D eigenvalue weighted by Gasteiger charge is -2.35. The highest BCUT2D eigenvalue weighted by molar-refractivity contribution is 5.97. The highest BCUT2D eigenvalue weighted by Crippen LogP contribution is 2.32. The lowest BCUT2D eigenvalue weighted by Crippen LogP contribution is -2.50. The first kappa shape index (κ1) is 34.4. The van der Waals surface area contributed by atoms with Crippen molar-refractivity contribution >= 4 is 23.8 Å². The topological polar surface area (TPSA) is 129 Å². The summed E-state index contributed by atoms with van der Waals surface area (Å²) >= 11 is 0. The smallest absolute Gasteiger partial charge is 0.251 e. The second-order valence-electron chi connectivity index (χ2n) is 10.2. The van der Waals surface area contributed by atoms with Gasteiger partial charge in [-0.3, -0.25) is 15.0 Å². The van der Waals surface area contributed by atoms with E-state index in [9.17, 15) is 9.59 Å². The molecule has 2 amide bonds. The Kier molecular flexibility index (Phi) is 16.5. The summed E-state index contributed by atoms with van der Waals surface area (Å²) in [6.07, 6.45) is 6.66. The van der Waals surface area contributed by atoms with Crippen molar-refractivity contribution in [3.8, 4) is 0 Å². The van der Waals surface area contributed by atoms with Crippen LogP contribution >= 0.6 is 0 Å². The summed E-state index contributed by atoms with van der Waals surface area (Å²) in [6, 6.07) is 6.61. The monoisotopic (exact) mass is 519 g/mol. The minimum absolute atomic E-state index is 0.0281. The zero-order chi connectivity index (χ0) is 28.5. The number of hydrogen-bond acceptors (Lipinski definition) is 5. The maximum atomic E-state index is 13.0. The molecular weight excluding hydrogens is 466 g/mol. The first-order valence-electron chi connectivity index (χ1n) is 13.7. The summed E-state index contributed by atoms with van der Waals surface area (Å²) in [5.74, 6) is -0.424. The van der Waals surface area contributed by atoms with Gasteiger partial charge in [0, 0.05) is 31.5 Å². The molecule has 1 rings (SSSR count). The fourth-order valence-electron chi connectivity index (χ4n) is 4.07. The molecule has 0 bridgehead atoms. The molecule has 1 aromatic carbocycles. The molecule has 8 heteroatoms. The van der Waals surface area contributed by atoms with E-state index < -0.39 is 6.04 Å². The van der Waals surface area contributed by atoms with Crippen LogP contribution in [0, 0.1) is 16.7 Å². The van der Waals surface area contributed by atoms with Crippen LogP contribution in [0.25, 0.3) is 0 Å². The number of nitrogens with one attached hydrogen (secondary N) is 4. The second-order valence-corrected chi connectivity index (χ2v) is 10.2. The largest absolute Gasteiger partial charge is 0.390 e. The van der Waals surface area contributed by atoms with Crippen LogP contribution in [0.4, 0.5) is 5.69 Å². The van der Waals surface area contributed by atoms with Gasteiger partial charge in [-0.2, -0.15) is 0 Å². The van der Waals surface area contributed by atoms with Gasteiger partial charge < -0.3 is 26.4 Å². The lowest BCUT2D eigenvalue weighted by molar-refractivity contribution is -0.124. The van der Waals surface area contributed by atoms with Gasteiger partial charge in [0.05, 0.1) is 11.9 Å². The van der Waals surface area contributed by atoms with Gasteiger partial charge in [-0.1, -0.05) is 61.3 Å². The maximum Gasteiger partial charge on any atom is 0.251 e. The molecule has 0 heterocycles. The standard InChI is InChI=1S/C28H49N3O3.CH4N2/c1-9-27(7,10-2)18-20-34-28(11-3,12-4)17-19-30-26(33)24(21(5)6)31-25(32)22-13-15-23(29-8)16-14-22;2-1-3/h13-16,21,24,29H,9-12,17-20H2,1-8H3,(H,30,33)(H,31,32);1H,(H3,2,3). The van der Waals surface area contributed by atoms with E-state index >= 15 is 0 Å². The molecule has 0 saturated heterocycles. The van der Waals surface area contributed by atoms with E-state index in [0.717, 1.165) is 57.2 Å². The second kappa shape index (κ2) is 17.8. The molecule has 0 saturated carbocycles. The molecule has 212 valence electrons. The average Bonchev–Trinajstić information content (AvgIpc) is 2.90. The van der Waals surface area contributed by atoms with Crippen LogP contribution in [-0.2, 0) is 9.53 Å². The van der Waals surface area contributed by atoms with Gasteiger partial charge in [-0.05, 0) is 61.3 Å². The minimum atomic E-state index is -0.593. The Bertz CT molecular complexity index is 787. The Hall–Kier alpha value is -2.61. The number of ether oxygens (including phenoxy) is 1. The molecule has 1 unspecified atom stereocenters. The summed E-state index contributed by atoms with van der Waals surface area (Å²) in [7, 11) is 1.83. The normalized spacial score (nSPS) is 12.2. The van der Waals surface area contributed by atoms with Crippen LogP contribution < -0.4 is 21.7 Å². The Morgan fingerprint density at radius 3 is 2.00 bits per heavy atom. The van der Waals surface area contributed by atoms with Gasteiger partial charge in [-0.25, -0.2) is 0 Å². The predicted molar refractivity (Wildman–Crippen MR) is 155 cm³/mol. The van der Waals surface area contributed by atoms with E-state index in [2.05, 4.69) is 56.3 Å². The quantitative estimate of drug-likeness (QED) is 0.149. The summed E-state index contributed by atoms with van der Waals surface area (Å²) in [6.45, 7) is 16.3. The fraction of sp³-hybridized carbons (Fsp3) is 0.690. The Morgan fingerprint density at radius 2 is 1.57 bits per heavy atom. The third-order valence-electron chi connectivity index (χ3n) is 7.66. The SMILES string of the molecule is CCC(C)(CC)CCOC(CC)(CC)CCNC(=O)C(NC(=O)c1ccc(NC)cc1)C(C)C.N=CN. The zero-order valence-electron chi connectivity index (χ0n) is 24.5. The van der Waals surface area contributed by atoms with Crippen molar-refractivity contribution < 1.29 is 14.3 Å². The number of benzene rings is 1. The molecule has 8 nitrogen and oxygen atoms in total. The summed E-state index contributed by atoms with van der Waals surface area (Å²) in [5.41, 5.74) is 5.94. The lowest BCUT2D eigenvalue weighted by atomic mass is 9.82. The van der Waals surface area contributed by atoms with Crippen molar-refractivity contribution in [3.05, 3.63) is 29.8 Å². The number of amides is 2. The van der Waals surface area contributed by atoms with Crippen molar-refractivity contribution in [1.29, 1.82) is 5.41 Å². The Morgan fingerprint density at radius 1 is 1.03 bits per heavy atom. The van der Waals surface area contributed by atoms with Crippen LogP contribution in [-0.4, -0.2) is 50.0 Å². The van der Waals surface area contributed by atoms with Crippen molar-refractivity contribution in [2.75, 3.05) is 25.5 Å². The van der Waals surface area contributed by atoms with Gasteiger partial charge in [0.2, 0.25) is 5.91 Å². The van der Waals surface area contributed by atoms with Gasteiger partial charge >= 0.3 is 0 Å². The zero-order valence-corrected chi connectivity index (χ0v) is 24.5. The molecule has 0 fully saturated rings. The molecule has 37 heavy (non-hydrogen) atoms. The van der Waals surface area contributed by atoms with Crippen LogP contribution in [0.1, 0.15) is 97.3 Å². The van der Waals surface area contributed by atoms with E-state index in [-0.39, 0.29) is 23.3 Å². The van der Waals surface area contributed by atoms with E-state index in [1.807, 2.05) is 33.0 Å². The molecule has 0 radical (unpaired) electrons. The number of hydrogen-bond donors (Lipinski definition) is 5. The molecule has 0 aliphatic heterocycles. The Balaban J connectivity index is 0.00000410. The number of rotatable bonds is 16. The third kappa shape index (κ3) is 12.0. The van der Waals surface area contributed by atoms with Crippen molar-refractivity contribution in [2.45, 2.75) is 98.6 Å². The summed E-state index contributed by atoms with van der Waals surface area (Å²) in [5, 5.41) is 14.9. The molecular formula is C29H53N5O3. The molecule has 1 aromatic rings. The number of nitrogens with two attached hydrogens (primary N) is 1. The highest BCUT2D eigenvalue weighted by Gasteiger charge is 2.30. The number of anilines is 1. The van der Waals surface area contributed by atoms with Crippen molar-refractivity contribution in [1.82, 2.24) is 10.6 Å². The summed E-state index contributed by atoms with van der Waals surface area (Å²) < 4.78 is 6.43. The van der Waals surface area contributed by atoms with Crippen LogP contribution in [0.15, 0.2) is 24.3 Å². The van der Waals surface area contributed by atoms with Gasteiger partial charge in [0.1, 0.15) is 6.04 Å². The van der Waals surface area contributed by atoms with E-state index in [1.165, 1.54) is 0 Å². The van der Waals surface area contributed by atoms with E-state index in [1.54, 1.807) is 12.1 Å². The van der Waals surface area contributed by atoms with Crippen molar-refractivity contribution in [3.63, 3.8) is 0 Å². The van der Waals surface area contributed by atoms with Gasteiger partial charge in [0.25, 0.3) is 5.91 Å². The van der Waals surface area contributed by atoms with E-state index in [0.29, 0.717) is 17.5 Å². The molecule has 0 spiro atoms. The molecule has 1 atom stereocenters. The number of carbonyl (C=O) groups is 2. The highest BCUT2D eigenvalue weighted by atomic mass is 16.5. The van der Waals surface area contributed by atoms with Crippen LogP contribution in [0.2, 0.25) is 0 Å². The molecule has 0 aromatic heterocycles. The molecule has 0 aliphatic carbocycles. The molecule has 0 aliphatic rings. The van der Waals surface area contributed by atoms with E-state index in [4.69, 9.17) is 10.1 Å². The first-order valence-corrected chi connectivity index (χ1v) is 13.7. The minimum Gasteiger partial charge on any atom is -0.390 e. The summed E-state index contributed by atoms with van der Waals surface area (Å²) in [4.78, 5) is 25.7. The fourth-order valence-corrected chi connectivity index (χ4v) is 4.07. The predicted octanol–water partition coefficient (Wildman–Crippen LogP) is 5.33. The third-order valence-corrected chi connectivity index (χ3v) is 7.66. The van der Waals surface area contributed by atoms with Crippen LogP contribution in [0.5, 0.6) is 0 Å². The Labute approximate surface area is 225 Å². The average molecular weight is 520 g/mol. The van der Waals surface area contributed by atoms with Gasteiger partial charge in [-0.15, -0.1) is 0 Å².